The number of benzene rings is 6. The van der Waals surface area contributed by atoms with Crippen LogP contribution in [0.5, 0.6) is 34.5 Å². The Bertz CT molecular complexity index is 2410. The third kappa shape index (κ3) is 21.9. The fraction of sp³-hybridized carbons (Fsp3) is 0.286. The fourth-order valence-corrected chi connectivity index (χ4v) is 8.32. The largest absolute Gasteiger partial charge is 3.00 e. The van der Waals surface area contributed by atoms with Crippen molar-refractivity contribution < 1.29 is 107 Å². The molecule has 0 spiro atoms. The molecule has 0 unspecified atom stereocenters. The smallest absolute Gasteiger partial charge is 0.872 e. The zero-order valence-electron chi connectivity index (χ0n) is 41.4. The molecular weight excluding hydrogens is 1350 g/mol. The van der Waals surface area contributed by atoms with E-state index < -0.39 is 0 Å². The maximum Gasteiger partial charge on any atom is 3.00 e. The minimum atomic E-state index is -0.155. The second kappa shape index (κ2) is 38.0. The van der Waals surface area contributed by atoms with Gasteiger partial charge in [0.2, 0.25) is 0 Å². The number of nitrogens with zero attached hydrogens (tertiary/aromatic N) is 8. The Morgan fingerprint density at radius 1 is 0.342 bits per heavy atom. The van der Waals surface area contributed by atoms with Gasteiger partial charge in [0.05, 0.1) is 49.2 Å². The number of rotatable bonds is 18. The van der Waals surface area contributed by atoms with Crippen LogP contribution >= 0.6 is 46.4 Å². The molecule has 0 atom stereocenters. The van der Waals surface area contributed by atoms with Gasteiger partial charge in [0.15, 0.2) is 0 Å². The van der Waals surface area contributed by atoms with Crippen molar-refractivity contribution in [2.75, 3.05) is 89.2 Å². The van der Waals surface area contributed by atoms with Crippen molar-refractivity contribution in [2.24, 2.45) is 20.0 Å². The quantitative estimate of drug-likeness (QED) is 0.0689. The van der Waals surface area contributed by atoms with Crippen molar-refractivity contribution in [2.45, 2.75) is 12.3 Å². The van der Waals surface area contributed by atoms with Gasteiger partial charge in [-0.1, -0.05) is 146 Å². The second-order valence-electron chi connectivity index (χ2n) is 16.5. The number of para-hydroxylation sites is 6. The first kappa shape index (κ1) is 66.6. The molecule has 6 aromatic carbocycles. The van der Waals surface area contributed by atoms with Crippen molar-refractivity contribution in [1.82, 2.24) is 19.6 Å². The summed E-state index contributed by atoms with van der Waals surface area (Å²) < 4.78 is 0. The van der Waals surface area contributed by atoms with Gasteiger partial charge < -0.3 is 30.6 Å². The van der Waals surface area contributed by atoms with E-state index in [2.05, 4.69) is 39.6 Å². The summed E-state index contributed by atoms with van der Waals surface area (Å²) in [4.78, 5) is 26.7. The molecule has 0 saturated carbocycles. The maximum atomic E-state index is 12.6. The first-order chi connectivity index (χ1) is 36.1. The van der Waals surface area contributed by atoms with E-state index in [4.69, 9.17) is 46.4 Å². The maximum absolute atomic E-state index is 12.6. The number of aliphatic imine (C=N–C) groups is 4. The van der Waals surface area contributed by atoms with Crippen LogP contribution in [0.3, 0.4) is 0 Å². The second-order valence-corrected chi connectivity index (χ2v) is 18.1. The van der Waals surface area contributed by atoms with E-state index in [1.165, 1.54) is 24.3 Å². The summed E-state index contributed by atoms with van der Waals surface area (Å²) in [5.74, 6) is -0.156. The van der Waals surface area contributed by atoms with Crippen LogP contribution in [0, 0.1) is 76.3 Å². The summed E-state index contributed by atoms with van der Waals surface area (Å²) in [6.45, 7) is 7.99. The summed E-state index contributed by atoms with van der Waals surface area (Å²) in [5.41, 5.74) is 3.77. The minimum Gasteiger partial charge on any atom is -0.872 e. The molecule has 406 valence electrons. The number of hydrogen-bond acceptors (Lipinski definition) is 14. The molecule has 0 bridgehead atoms. The molecule has 20 heteroatoms. The van der Waals surface area contributed by atoms with Crippen LogP contribution in [0.25, 0.3) is 0 Å². The molecule has 2 aliphatic heterocycles. The molecule has 8 rings (SSSR count). The van der Waals surface area contributed by atoms with Gasteiger partial charge in [-0.3, -0.25) is 39.6 Å². The van der Waals surface area contributed by atoms with Gasteiger partial charge in [0.25, 0.3) is 0 Å². The molecule has 2 radical (unpaired) electrons. The van der Waals surface area contributed by atoms with Crippen LogP contribution in [0.4, 0.5) is 0 Å². The average Bonchev–Trinajstić information content (AvgIpc) is 4.00. The average molecular weight is 1410 g/mol. The summed E-state index contributed by atoms with van der Waals surface area (Å²) in [5, 5.41) is 73.0. The number of alkyl halides is 4. The van der Waals surface area contributed by atoms with Crippen molar-refractivity contribution in [1.29, 1.82) is 0 Å². The third-order valence-electron chi connectivity index (χ3n) is 11.8. The van der Waals surface area contributed by atoms with E-state index in [-0.39, 0.29) is 134 Å². The SMILES string of the molecule is ClCCl.ClCCl.[Dy+3].[Dy+3].[O-]c1ccccc1C=NCCN1CCN(CCN=Cc2ccccc2[O-])C1c1ccccc1[O-].[O-]c1ccccc1C=NCCN1CCN(CCN=Cc2ccccc2[O-])C1c1ccccc1[O-]. The Morgan fingerprint density at radius 3 is 0.750 bits per heavy atom. The molecule has 0 aliphatic carbocycles. The van der Waals surface area contributed by atoms with E-state index in [0.717, 1.165) is 37.3 Å². The minimum absolute atomic E-state index is 0. The summed E-state index contributed by atoms with van der Waals surface area (Å²) in [7, 11) is 0. The van der Waals surface area contributed by atoms with Crippen LogP contribution < -0.4 is 30.6 Å². The van der Waals surface area contributed by atoms with Crippen LogP contribution in [-0.2, 0) is 0 Å². The third-order valence-corrected chi connectivity index (χ3v) is 11.8. The van der Waals surface area contributed by atoms with E-state index in [0.29, 0.717) is 74.6 Å². The van der Waals surface area contributed by atoms with Crippen molar-refractivity contribution in [3.8, 4) is 34.5 Å². The van der Waals surface area contributed by atoms with E-state index in [1.807, 2.05) is 48.5 Å². The van der Waals surface area contributed by atoms with Crippen molar-refractivity contribution in [3.05, 3.63) is 179 Å². The molecular formula is C56H58Cl4Dy2N8O6. The molecule has 2 aliphatic rings. The van der Waals surface area contributed by atoms with E-state index in [9.17, 15) is 30.6 Å². The van der Waals surface area contributed by atoms with Gasteiger partial charge >= 0.3 is 76.3 Å². The Hall–Kier alpha value is -3.65. The van der Waals surface area contributed by atoms with E-state index in [1.54, 1.807) is 97.7 Å². The normalized spacial score (nSPS) is 15.9. The summed E-state index contributed by atoms with van der Waals surface area (Å²) >= 11 is 19.1. The van der Waals surface area contributed by atoms with Gasteiger partial charge in [-0.2, -0.15) is 0 Å². The Kier molecular flexibility index (Phi) is 33.3. The molecule has 76 heavy (non-hydrogen) atoms. The Labute approximate surface area is 527 Å². The number of halogens is 4. The van der Waals surface area contributed by atoms with Gasteiger partial charge in [-0.15, -0.1) is 80.9 Å². The zero-order chi connectivity index (χ0) is 52.9. The molecule has 2 saturated heterocycles. The zero-order valence-corrected chi connectivity index (χ0v) is 48.5. The van der Waals surface area contributed by atoms with E-state index >= 15 is 0 Å². The summed E-state index contributed by atoms with van der Waals surface area (Å²) in [6.07, 6.45) is 6.17. The van der Waals surface area contributed by atoms with Crippen LogP contribution in [0.2, 0.25) is 0 Å². The van der Waals surface area contributed by atoms with Gasteiger partial charge in [-0.25, -0.2) is 0 Å². The molecule has 0 N–H and O–H groups in total. The van der Waals surface area contributed by atoms with Gasteiger partial charge in [0, 0.05) is 77.2 Å². The van der Waals surface area contributed by atoms with Gasteiger partial charge in [0.1, 0.15) is 0 Å². The van der Waals surface area contributed by atoms with Crippen molar-refractivity contribution >= 4 is 71.3 Å². The Morgan fingerprint density at radius 2 is 0.539 bits per heavy atom. The van der Waals surface area contributed by atoms with Gasteiger partial charge in [-0.05, 0) is 33.4 Å². The van der Waals surface area contributed by atoms with Crippen molar-refractivity contribution in [3.63, 3.8) is 0 Å². The molecule has 2 fully saturated rings. The van der Waals surface area contributed by atoms with Crippen LogP contribution in [0.1, 0.15) is 45.7 Å². The van der Waals surface area contributed by atoms with Crippen LogP contribution in [-0.4, -0.2) is 134 Å². The molecule has 0 aromatic heterocycles. The number of hydrogen-bond donors (Lipinski definition) is 0. The predicted molar refractivity (Wildman–Crippen MR) is 290 cm³/mol. The standard InChI is InChI=1S/2C27H30N4O3.2CH2Cl2.2Dy/c2*32-24-10-4-1-7-21(24)19-28-13-15-30-17-18-31(27(30)23-9-3-6-12-26(23)34)16-14-29-20-22-8-2-5-11-25(22)33;2*2-1-3;;/h2*1-12,19-20,27,32-34H,13-18H2;2*1H2;;/q;;;;2*+3/p-6. The molecule has 2 heterocycles. The molecule has 14 nitrogen and oxygen atoms in total. The van der Waals surface area contributed by atoms with Crippen LogP contribution in [0.15, 0.2) is 166 Å². The Balaban J connectivity index is 0.000000354. The fourth-order valence-electron chi connectivity index (χ4n) is 8.32. The monoisotopic (exact) mass is 1410 g/mol. The first-order valence-electron chi connectivity index (χ1n) is 23.9. The first-order valence-corrected chi connectivity index (χ1v) is 26.0. The topological polar surface area (TPSA) is 201 Å². The predicted octanol–water partition coefficient (Wildman–Crippen LogP) is 6.37. The summed E-state index contributed by atoms with van der Waals surface area (Å²) in [6, 6.07) is 41.5. The molecule has 6 aromatic rings. The molecule has 0 amide bonds.